The molecule has 0 spiro atoms. The molecule has 41 heavy (non-hydrogen) atoms. The highest BCUT2D eigenvalue weighted by Crippen LogP contribution is 2.30. The van der Waals surface area contributed by atoms with Crippen molar-refractivity contribution in [1.82, 2.24) is 24.3 Å². The molecule has 0 bridgehead atoms. The number of nitrogens with one attached hydrogen (secondary N) is 2. The summed E-state index contributed by atoms with van der Waals surface area (Å²) in [5.41, 5.74) is 5.31. The molecule has 3 aromatic heterocycles. The summed E-state index contributed by atoms with van der Waals surface area (Å²) in [4.78, 5) is 40.5. The first kappa shape index (κ1) is 26.0. The third-order valence-electron chi connectivity index (χ3n) is 6.93. The molecule has 6 rings (SSSR count). The van der Waals surface area contributed by atoms with Gasteiger partial charge < -0.3 is 29.8 Å². The van der Waals surface area contributed by atoms with Crippen LogP contribution in [0.2, 0.25) is 0 Å². The van der Waals surface area contributed by atoms with Gasteiger partial charge in [0, 0.05) is 66.4 Å². The fourth-order valence-electron chi connectivity index (χ4n) is 4.69. The minimum atomic E-state index is -0.339. The number of rotatable bonds is 6. The molecule has 1 aliphatic heterocycles. The monoisotopic (exact) mass is 549 g/mol. The number of aromatic nitrogens is 4. The van der Waals surface area contributed by atoms with E-state index in [0.29, 0.717) is 60.3 Å². The second-order valence-electron chi connectivity index (χ2n) is 9.58. The number of aromatic hydroxyl groups is 1. The molecule has 0 aliphatic carbocycles. The van der Waals surface area contributed by atoms with Crippen LogP contribution in [0, 0.1) is 6.92 Å². The van der Waals surface area contributed by atoms with Gasteiger partial charge >= 0.3 is 0 Å². The lowest BCUT2D eigenvalue weighted by Crippen LogP contribution is -2.40. The van der Waals surface area contributed by atoms with Gasteiger partial charge in [-0.05, 0) is 48.9 Å². The van der Waals surface area contributed by atoms with Gasteiger partial charge in [0.25, 0.3) is 11.8 Å². The molecule has 4 heterocycles. The Hall–Kier alpha value is -5.29. The molecule has 1 fully saturated rings. The molecule has 206 valence electrons. The number of imidazole rings is 1. The lowest BCUT2D eigenvalue weighted by atomic mass is 10.0. The summed E-state index contributed by atoms with van der Waals surface area (Å²) in [6.45, 7) is 4.20. The summed E-state index contributed by atoms with van der Waals surface area (Å²) in [5.74, 6) is 0.0414. The summed E-state index contributed by atoms with van der Waals surface area (Å²) in [7, 11) is 0. The van der Waals surface area contributed by atoms with Crippen LogP contribution in [0.1, 0.15) is 26.3 Å². The van der Waals surface area contributed by atoms with Crippen molar-refractivity contribution < 1.29 is 19.4 Å². The number of benzene rings is 2. The highest BCUT2D eigenvalue weighted by Gasteiger charge is 2.19. The van der Waals surface area contributed by atoms with Crippen LogP contribution in [0.3, 0.4) is 0 Å². The fraction of sp³-hybridized carbons (Fsp3) is 0.167. The molecule has 0 radical (unpaired) electrons. The van der Waals surface area contributed by atoms with Gasteiger partial charge in [-0.25, -0.2) is 15.0 Å². The van der Waals surface area contributed by atoms with Crippen LogP contribution in [0.5, 0.6) is 5.88 Å². The molecule has 2 aromatic carbocycles. The predicted octanol–water partition coefficient (Wildman–Crippen LogP) is 4.27. The SMILES string of the molecule is Cc1c(NC(=O)c2ccc(O)nc2)cccc1-c1cn2ccnc2c(Nc2ccc(C(=O)N3CCOCC3)cc2)n1. The van der Waals surface area contributed by atoms with Gasteiger partial charge in [0.2, 0.25) is 5.88 Å². The second kappa shape index (κ2) is 11.1. The molecule has 1 aliphatic rings. The van der Waals surface area contributed by atoms with E-state index in [2.05, 4.69) is 20.6 Å². The van der Waals surface area contributed by atoms with Gasteiger partial charge in [-0.3, -0.25) is 9.59 Å². The molecule has 0 saturated carbocycles. The molecule has 3 N–H and O–H groups in total. The molecule has 11 heteroatoms. The van der Waals surface area contributed by atoms with Crippen LogP contribution in [0.4, 0.5) is 17.2 Å². The van der Waals surface area contributed by atoms with Crippen LogP contribution >= 0.6 is 0 Å². The number of nitrogens with zero attached hydrogens (tertiary/aromatic N) is 5. The Kier molecular flexibility index (Phi) is 7.00. The molecule has 2 amide bonds. The van der Waals surface area contributed by atoms with E-state index in [9.17, 15) is 14.7 Å². The number of morpholine rings is 1. The lowest BCUT2D eigenvalue weighted by Gasteiger charge is -2.26. The zero-order chi connectivity index (χ0) is 28.3. The Morgan fingerprint density at radius 2 is 1.76 bits per heavy atom. The van der Waals surface area contributed by atoms with Crippen molar-refractivity contribution in [2.75, 3.05) is 36.9 Å². The minimum absolute atomic E-state index is 0.0141. The normalized spacial score (nSPS) is 13.2. The highest BCUT2D eigenvalue weighted by atomic mass is 16.5. The van der Waals surface area contributed by atoms with Crippen LogP contribution in [-0.2, 0) is 4.74 Å². The van der Waals surface area contributed by atoms with Gasteiger partial charge in [0.15, 0.2) is 11.5 Å². The molecule has 0 unspecified atom stereocenters. The number of anilines is 3. The topological polar surface area (TPSA) is 134 Å². The Morgan fingerprint density at radius 3 is 2.51 bits per heavy atom. The Morgan fingerprint density at radius 1 is 0.976 bits per heavy atom. The number of carbonyl (C=O) groups is 2. The predicted molar refractivity (Wildman–Crippen MR) is 153 cm³/mol. The quantitative estimate of drug-likeness (QED) is 0.286. The van der Waals surface area contributed by atoms with Crippen molar-refractivity contribution >= 4 is 34.7 Å². The van der Waals surface area contributed by atoms with Crippen molar-refractivity contribution in [3.63, 3.8) is 0 Å². The highest BCUT2D eigenvalue weighted by molar-refractivity contribution is 6.05. The first-order valence-corrected chi connectivity index (χ1v) is 13.1. The summed E-state index contributed by atoms with van der Waals surface area (Å²) >= 11 is 0. The third kappa shape index (κ3) is 5.43. The number of hydrogen-bond acceptors (Lipinski definition) is 8. The van der Waals surface area contributed by atoms with Crippen molar-refractivity contribution in [2.45, 2.75) is 6.92 Å². The Bertz CT molecular complexity index is 1730. The van der Waals surface area contributed by atoms with Gasteiger partial charge in [-0.15, -0.1) is 0 Å². The molecular formula is C30H27N7O4. The smallest absolute Gasteiger partial charge is 0.257 e. The van der Waals surface area contributed by atoms with Gasteiger partial charge in [-0.1, -0.05) is 12.1 Å². The van der Waals surface area contributed by atoms with Crippen molar-refractivity contribution in [3.05, 3.63) is 96.1 Å². The molecule has 5 aromatic rings. The van der Waals surface area contributed by atoms with Gasteiger partial charge in [0.1, 0.15) is 0 Å². The van der Waals surface area contributed by atoms with Crippen molar-refractivity contribution in [2.24, 2.45) is 0 Å². The molecule has 0 atom stereocenters. The number of amides is 2. The van der Waals surface area contributed by atoms with Crippen molar-refractivity contribution in [1.29, 1.82) is 0 Å². The Labute approximate surface area is 235 Å². The number of carbonyl (C=O) groups excluding carboxylic acids is 2. The van der Waals surface area contributed by atoms with E-state index in [4.69, 9.17) is 9.72 Å². The van der Waals surface area contributed by atoms with Crippen LogP contribution in [0.25, 0.3) is 16.9 Å². The lowest BCUT2D eigenvalue weighted by molar-refractivity contribution is 0.0303. The van der Waals surface area contributed by atoms with E-state index in [1.54, 1.807) is 23.2 Å². The van der Waals surface area contributed by atoms with E-state index in [0.717, 1.165) is 16.8 Å². The summed E-state index contributed by atoms with van der Waals surface area (Å²) in [6, 6.07) is 15.8. The van der Waals surface area contributed by atoms with Crippen LogP contribution < -0.4 is 10.6 Å². The number of ether oxygens (including phenoxy) is 1. The first-order valence-electron chi connectivity index (χ1n) is 13.1. The van der Waals surface area contributed by atoms with Crippen LogP contribution in [0.15, 0.2) is 79.4 Å². The largest absolute Gasteiger partial charge is 0.493 e. The van der Waals surface area contributed by atoms with E-state index in [1.165, 1.54) is 18.3 Å². The fourth-order valence-corrected chi connectivity index (χ4v) is 4.69. The first-order chi connectivity index (χ1) is 20.0. The van der Waals surface area contributed by atoms with E-state index in [-0.39, 0.29) is 17.7 Å². The summed E-state index contributed by atoms with van der Waals surface area (Å²) in [5, 5.41) is 15.7. The van der Waals surface area contributed by atoms with Gasteiger partial charge in [-0.2, -0.15) is 0 Å². The molecule has 1 saturated heterocycles. The van der Waals surface area contributed by atoms with Crippen LogP contribution in [-0.4, -0.2) is 67.5 Å². The summed E-state index contributed by atoms with van der Waals surface area (Å²) in [6.07, 6.45) is 6.75. The number of fused-ring (bicyclic) bond motifs is 1. The maximum Gasteiger partial charge on any atom is 0.257 e. The average molecular weight is 550 g/mol. The minimum Gasteiger partial charge on any atom is -0.493 e. The van der Waals surface area contributed by atoms with Gasteiger partial charge in [0.05, 0.1) is 24.5 Å². The third-order valence-corrected chi connectivity index (χ3v) is 6.93. The van der Waals surface area contributed by atoms with E-state index < -0.39 is 0 Å². The second-order valence-corrected chi connectivity index (χ2v) is 9.58. The molecule has 11 nitrogen and oxygen atoms in total. The Balaban J connectivity index is 1.26. The maximum atomic E-state index is 12.8. The molecular weight excluding hydrogens is 522 g/mol. The van der Waals surface area contributed by atoms with Crippen molar-refractivity contribution in [3.8, 4) is 17.1 Å². The van der Waals surface area contributed by atoms with E-state index >= 15 is 0 Å². The van der Waals surface area contributed by atoms with E-state index in [1.807, 2.05) is 54.0 Å². The zero-order valence-electron chi connectivity index (χ0n) is 22.2. The average Bonchev–Trinajstić information content (AvgIpc) is 3.48. The maximum absolute atomic E-state index is 12.8. The number of pyridine rings is 1. The number of hydrogen-bond donors (Lipinski definition) is 3. The zero-order valence-corrected chi connectivity index (χ0v) is 22.2. The standard InChI is InChI=1S/C30H27N7O4/c1-19-23(3-2-4-24(19)35-29(39)21-7-10-26(38)32-17-21)25-18-37-12-11-31-28(37)27(34-25)33-22-8-5-20(6-9-22)30(40)36-13-15-41-16-14-36/h2-12,17-18H,13-16H2,1H3,(H,32,38)(H,33,34)(H,35,39). The summed E-state index contributed by atoms with van der Waals surface area (Å²) < 4.78 is 7.23.